The number of hydrogen-bond acceptors (Lipinski definition) is 1. The Hall–Kier alpha value is -2.02. The summed E-state index contributed by atoms with van der Waals surface area (Å²) in [5.74, 6) is 4.17. The van der Waals surface area contributed by atoms with Gasteiger partial charge in [0, 0.05) is 5.39 Å². The van der Waals surface area contributed by atoms with Crippen LogP contribution in [0.5, 0.6) is 5.75 Å². The summed E-state index contributed by atoms with van der Waals surface area (Å²) in [6.45, 7) is 0. The number of aromatic hydroxyl groups is 1. The first kappa shape index (κ1) is 12.7. The lowest BCUT2D eigenvalue weighted by molar-refractivity contribution is 0.398. The molecule has 2 aromatic rings. The van der Waals surface area contributed by atoms with Crippen molar-refractivity contribution >= 4 is 10.8 Å². The lowest BCUT2D eigenvalue weighted by Crippen LogP contribution is -2.12. The van der Waals surface area contributed by atoms with Gasteiger partial charge in [0.1, 0.15) is 5.75 Å². The molecule has 2 aromatic carbocycles. The summed E-state index contributed by atoms with van der Waals surface area (Å²) in [6.07, 6.45) is 12.5. The summed E-state index contributed by atoms with van der Waals surface area (Å²) >= 11 is 0. The second-order valence-electron chi connectivity index (χ2n) is 6.35. The lowest BCUT2D eigenvalue weighted by Gasteiger charge is -2.18. The van der Waals surface area contributed by atoms with E-state index < -0.39 is 0 Å². The highest BCUT2D eigenvalue weighted by atomic mass is 16.3. The third kappa shape index (κ3) is 2.17. The molecule has 0 saturated heterocycles. The van der Waals surface area contributed by atoms with Gasteiger partial charge in [-0.3, -0.25) is 0 Å². The van der Waals surface area contributed by atoms with E-state index in [0.29, 0.717) is 5.75 Å². The second kappa shape index (κ2) is 5.07. The minimum atomic E-state index is 0.350. The van der Waals surface area contributed by atoms with Gasteiger partial charge >= 0.3 is 0 Å². The van der Waals surface area contributed by atoms with Crippen LogP contribution >= 0.6 is 0 Å². The standard InChI is InChI=1S/C10H8O.C10H12/c11-10-7-3-5-8-4-1-2-6-9(8)10;1-2-9-7-4-5-8(6-7)10(9)3-1/h1-7,11H;1-2,4-5,7-10H,3,6H2. The highest BCUT2D eigenvalue weighted by molar-refractivity contribution is 5.87. The number of hydrogen-bond donors (Lipinski definition) is 1. The van der Waals surface area contributed by atoms with Gasteiger partial charge < -0.3 is 5.11 Å². The zero-order valence-electron chi connectivity index (χ0n) is 12.0. The van der Waals surface area contributed by atoms with Crippen LogP contribution in [0, 0.1) is 23.7 Å². The molecule has 1 nitrogen and oxygen atoms in total. The molecule has 0 radical (unpaired) electrons. The minimum absolute atomic E-state index is 0.350. The molecule has 1 N–H and O–H groups in total. The molecule has 5 rings (SSSR count). The highest BCUT2D eigenvalue weighted by Gasteiger charge is 2.44. The van der Waals surface area contributed by atoms with E-state index in [1.165, 1.54) is 12.8 Å². The van der Waals surface area contributed by atoms with Crippen LogP contribution in [0.4, 0.5) is 0 Å². The van der Waals surface area contributed by atoms with E-state index in [9.17, 15) is 5.11 Å². The fourth-order valence-electron chi connectivity index (χ4n) is 4.18. The van der Waals surface area contributed by atoms with Gasteiger partial charge in [-0.25, -0.2) is 0 Å². The SMILES string of the molecule is C1=CC2C3C=CC(C3)C2C1.Oc1cccc2ccccc12. The molecule has 1 heteroatoms. The van der Waals surface area contributed by atoms with E-state index in [0.717, 1.165) is 34.4 Å². The van der Waals surface area contributed by atoms with Crippen molar-refractivity contribution in [2.45, 2.75) is 12.8 Å². The molecule has 4 unspecified atom stereocenters. The Labute approximate surface area is 125 Å². The van der Waals surface area contributed by atoms with Crippen molar-refractivity contribution in [3.63, 3.8) is 0 Å². The maximum atomic E-state index is 9.37. The minimum Gasteiger partial charge on any atom is -0.507 e. The van der Waals surface area contributed by atoms with Crippen molar-refractivity contribution in [3.05, 3.63) is 66.8 Å². The van der Waals surface area contributed by atoms with Crippen molar-refractivity contribution in [2.75, 3.05) is 0 Å². The van der Waals surface area contributed by atoms with Gasteiger partial charge in [-0.15, -0.1) is 0 Å². The van der Waals surface area contributed by atoms with E-state index >= 15 is 0 Å². The van der Waals surface area contributed by atoms with Crippen molar-refractivity contribution in [2.24, 2.45) is 23.7 Å². The van der Waals surface area contributed by atoms with Crippen LogP contribution in [0.2, 0.25) is 0 Å². The Bertz CT molecular complexity index is 707. The predicted molar refractivity (Wildman–Crippen MR) is 87.1 cm³/mol. The normalized spacial score (nSPS) is 31.2. The first-order valence-corrected chi connectivity index (χ1v) is 7.84. The summed E-state index contributed by atoms with van der Waals surface area (Å²) in [5.41, 5.74) is 0. The van der Waals surface area contributed by atoms with Gasteiger partial charge in [0.05, 0.1) is 0 Å². The highest BCUT2D eigenvalue weighted by Crippen LogP contribution is 2.52. The summed E-state index contributed by atoms with van der Waals surface area (Å²) < 4.78 is 0. The molecule has 3 aliphatic carbocycles. The van der Waals surface area contributed by atoms with Crippen LogP contribution in [0.3, 0.4) is 0 Å². The Morgan fingerprint density at radius 3 is 2.52 bits per heavy atom. The molecule has 1 saturated carbocycles. The van der Waals surface area contributed by atoms with Gasteiger partial charge in [0.25, 0.3) is 0 Å². The number of fused-ring (bicyclic) bond motifs is 6. The van der Waals surface area contributed by atoms with Crippen molar-refractivity contribution in [1.29, 1.82) is 0 Å². The van der Waals surface area contributed by atoms with Crippen LogP contribution in [0.25, 0.3) is 10.8 Å². The Morgan fingerprint density at radius 1 is 0.857 bits per heavy atom. The number of rotatable bonds is 0. The molecule has 0 aliphatic heterocycles. The van der Waals surface area contributed by atoms with Gasteiger partial charge in [-0.1, -0.05) is 60.7 Å². The molecular weight excluding hydrogens is 256 g/mol. The fraction of sp³-hybridized carbons (Fsp3) is 0.300. The third-order valence-corrected chi connectivity index (χ3v) is 5.22. The molecule has 1 fully saturated rings. The quantitative estimate of drug-likeness (QED) is 0.676. The number of phenolic OH excluding ortho intramolecular Hbond substituents is 1. The summed E-state index contributed by atoms with van der Waals surface area (Å²) in [5, 5.41) is 11.4. The first-order valence-electron chi connectivity index (χ1n) is 7.84. The molecule has 2 bridgehead atoms. The van der Waals surface area contributed by atoms with Crippen LogP contribution in [0.1, 0.15) is 12.8 Å². The summed E-state index contributed by atoms with van der Waals surface area (Å²) in [4.78, 5) is 0. The molecule has 0 heterocycles. The molecule has 3 aliphatic rings. The zero-order valence-corrected chi connectivity index (χ0v) is 12.0. The first-order chi connectivity index (χ1) is 10.3. The Balaban J connectivity index is 0.000000110. The molecule has 4 atom stereocenters. The zero-order chi connectivity index (χ0) is 14.2. The maximum absolute atomic E-state index is 9.37. The lowest BCUT2D eigenvalue weighted by atomic mass is 9.86. The predicted octanol–water partition coefficient (Wildman–Crippen LogP) is 4.93. The van der Waals surface area contributed by atoms with E-state index in [1.54, 1.807) is 6.07 Å². The van der Waals surface area contributed by atoms with Gasteiger partial charge in [0.2, 0.25) is 0 Å². The van der Waals surface area contributed by atoms with Crippen LogP contribution in [-0.2, 0) is 0 Å². The molecule has 0 amide bonds. The van der Waals surface area contributed by atoms with E-state index in [4.69, 9.17) is 0 Å². The van der Waals surface area contributed by atoms with Crippen molar-refractivity contribution in [1.82, 2.24) is 0 Å². The fourth-order valence-corrected chi connectivity index (χ4v) is 4.18. The summed E-state index contributed by atoms with van der Waals surface area (Å²) in [7, 11) is 0. The van der Waals surface area contributed by atoms with Gasteiger partial charge in [-0.2, -0.15) is 0 Å². The average molecular weight is 276 g/mol. The van der Waals surface area contributed by atoms with Gasteiger partial charge in [0.15, 0.2) is 0 Å². The average Bonchev–Trinajstić information content (AvgIpc) is 3.23. The third-order valence-electron chi connectivity index (χ3n) is 5.22. The van der Waals surface area contributed by atoms with Gasteiger partial charge in [-0.05, 0) is 48.0 Å². The Morgan fingerprint density at radius 2 is 1.67 bits per heavy atom. The second-order valence-corrected chi connectivity index (χ2v) is 6.35. The van der Waals surface area contributed by atoms with Crippen molar-refractivity contribution < 1.29 is 5.11 Å². The monoisotopic (exact) mass is 276 g/mol. The largest absolute Gasteiger partial charge is 0.507 e. The molecule has 0 spiro atoms. The van der Waals surface area contributed by atoms with E-state index in [-0.39, 0.29) is 0 Å². The molecule has 0 aromatic heterocycles. The van der Waals surface area contributed by atoms with E-state index in [2.05, 4.69) is 24.3 Å². The summed E-state index contributed by atoms with van der Waals surface area (Å²) in [6, 6.07) is 13.3. The Kier molecular flexibility index (Phi) is 3.07. The number of allylic oxidation sites excluding steroid dienone is 4. The molecule has 106 valence electrons. The topological polar surface area (TPSA) is 20.2 Å². The number of phenols is 1. The van der Waals surface area contributed by atoms with Crippen LogP contribution in [0.15, 0.2) is 66.8 Å². The van der Waals surface area contributed by atoms with Crippen molar-refractivity contribution in [3.8, 4) is 5.75 Å². The smallest absolute Gasteiger partial charge is 0.123 e. The van der Waals surface area contributed by atoms with Crippen LogP contribution < -0.4 is 0 Å². The van der Waals surface area contributed by atoms with E-state index in [1.807, 2.05) is 36.4 Å². The molecule has 21 heavy (non-hydrogen) atoms. The number of benzene rings is 2. The maximum Gasteiger partial charge on any atom is 0.123 e. The molecular formula is C20H20O. The van der Waals surface area contributed by atoms with Crippen LogP contribution in [-0.4, -0.2) is 5.11 Å².